The number of rotatable bonds is 6. The van der Waals surface area contributed by atoms with Gasteiger partial charge in [-0.2, -0.15) is 5.26 Å². The number of nitrogens with zero attached hydrogens (tertiary/aromatic N) is 2. The second-order valence-electron chi connectivity index (χ2n) is 10.6. The Labute approximate surface area is 204 Å². The Kier molecular flexibility index (Phi) is 6.24. The summed E-state index contributed by atoms with van der Waals surface area (Å²) in [4.78, 5) is 13.7. The zero-order chi connectivity index (χ0) is 24.6. The summed E-state index contributed by atoms with van der Waals surface area (Å²) in [6, 6.07) is 32.0. The van der Waals surface area contributed by atoms with Gasteiger partial charge in [0.05, 0.1) is 11.6 Å². The summed E-state index contributed by atoms with van der Waals surface area (Å²) in [6.07, 6.45) is 0. The fraction of sp³-hybridized carbons (Fsp3) is 0.310. The molecule has 34 heavy (non-hydrogen) atoms. The van der Waals surface area contributed by atoms with Crippen LogP contribution in [0.15, 0.2) is 91.0 Å². The molecule has 0 saturated carbocycles. The fourth-order valence-electron chi connectivity index (χ4n) is 4.79. The molecule has 0 aliphatic carbocycles. The summed E-state index contributed by atoms with van der Waals surface area (Å²) < 4.78 is 1.90. The molecule has 1 amide bonds. The van der Waals surface area contributed by atoms with E-state index in [-0.39, 0.29) is 10.9 Å². The lowest BCUT2D eigenvalue weighted by Gasteiger charge is -2.57. The van der Waals surface area contributed by atoms with Crippen molar-refractivity contribution in [3.63, 3.8) is 0 Å². The van der Waals surface area contributed by atoms with Crippen molar-refractivity contribution in [3.8, 4) is 6.07 Å². The summed E-state index contributed by atoms with van der Waals surface area (Å²) in [5, 5.41) is 13.9. The van der Waals surface area contributed by atoms with Crippen molar-refractivity contribution in [2.75, 3.05) is 0 Å². The summed E-state index contributed by atoms with van der Waals surface area (Å²) in [7, 11) is -2.20. The van der Waals surface area contributed by atoms with E-state index in [1.165, 1.54) is 0 Å². The number of β-lactam (4-membered cyclic amide) rings is 1. The van der Waals surface area contributed by atoms with Gasteiger partial charge in [-0.15, -0.1) is 0 Å². The largest absolute Gasteiger partial charge is 0.351 e. The molecule has 2 atom stereocenters. The topological polar surface area (TPSA) is 56.1 Å². The van der Waals surface area contributed by atoms with Crippen molar-refractivity contribution in [1.82, 2.24) is 9.88 Å². The molecule has 0 bridgehead atoms. The van der Waals surface area contributed by atoms with Crippen molar-refractivity contribution in [2.24, 2.45) is 0 Å². The van der Waals surface area contributed by atoms with Crippen molar-refractivity contribution < 1.29 is 4.79 Å². The van der Waals surface area contributed by atoms with Crippen LogP contribution in [0, 0.1) is 11.3 Å². The molecule has 3 aromatic carbocycles. The Bertz CT molecular complexity index is 1080. The van der Waals surface area contributed by atoms with E-state index in [0.29, 0.717) is 0 Å². The Morgan fingerprint density at radius 2 is 1.18 bits per heavy atom. The van der Waals surface area contributed by atoms with Crippen LogP contribution in [-0.2, 0) is 10.3 Å². The molecule has 1 N–H and O–H groups in total. The molecule has 5 heteroatoms. The summed E-state index contributed by atoms with van der Waals surface area (Å²) >= 11 is 0. The minimum Gasteiger partial charge on any atom is -0.351 e. The maximum Gasteiger partial charge on any atom is 0.236 e. The van der Waals surface area contributed by atoms with Gasteiger partial charge in [-0.3, -0.25) is 10.1 Å². The van der Waals surface area contributed by atoms with E-state index in [9.17, 15) is 10.1 Å². The third-order valence-corrected chi connectivity index (χ3v) is 13.0. The molecular weight excluding hydrogens is 434 g/mol. The Balaban J connectivity index is 1.87. The molecule has 0 radical (unpaired) electrons. The third-order valence-electron chi connectivity index (χ3n) is 7.66. The molecule has 4 nitrogen and oxygen atoms in total. The molecule has 1 fully saturated rings. The molecule has 0 spiro atoms. The molecular formula is C29H33N3OSi. The molecule has 3 aromatic rings. The van der Waals surface area contributed by atoms with Crippen LogP contribution < -0.4 is 5.32 Å². The predicted molar refractivity (Wildman–Crippen MR) is 140 cm³/mol. The SMILES string of the molecule is CC(C)(C)[Si](C)(C)N1C(=O)[C@@H](NC(c2ccccc2)(c2ccccc2)c2ccccc2)C1C#N. The monoisotopic (exact) mass is 467 g/mol. The summed E-state index contributed by atoms with van der Waals surface area (Å²) in [5.74, 6) is 0.0188. The minimum absolute atomic E-state index is 0.0188. The maximum absolute atomic E-state index is 13.7. The van der Waals surface area contributed by atoms with Gasteiger partial charge in [-0.1, -0.05) is 125 Å². The van der Waals surface area contributed by atoms with Gasteiger partial charge in [-0.05, 0) is 21.7 Å². The van der Waals surface area contributed by atoms with Crippen LogP contribution in [-0.4, -0.2) is 30.8 Å². The molecule has 1 saturated heterocycles. The Morgan fingerprint density at radius 1 is 0.794 bits per heavy atom. The average molecular weight is 468 g/mol. The van der Waals surface area contributed by atoms with Crippen LogP contribution in [0.5, 0.6) is 0 Å². The van der Waals surface area contributed by atoms with Gasteiger partial charge < -0.3 is 4.57 Å². The van der Waals surface area contributed by atoms with E-state index < -0.39 is 25.9 Å². The number of benzene rings is 3. The first-order valence-corrected chi connectivity index (χ1v) is 14.8. The van der Waals surface area contributed by atoms with E-state index in [4.69, 9.17) is 0 Å². The highest BCUT2D eigenvalue weighted by atomic mass is 28.3. The third kappa shape index (κ3) is 3.77. The predicted octanol–water partition coefficient (Wildman–Crippen LogP) is 5.68. The second-order valence-corrected chi connectivity index (χ2v) is 15.7. The number of nitrogens with one attached hydrogen (secondary N) is 1. The Morgan fingerprint density at radius 3 is 1.50 bits per heavy atom. The van der Waals surface area contributed by atoms with Crippen LogP contribution in [0.2, 0.25) is 18.1 Å². The van der Waals surface area contributed by atoms with Crippen LogP contribution >= 0.6 is 0 Å². The van der Waals surface area contributed by atoms with Gasteiger partial charge in [0.15, 0.2) is 8.24 Å². The van der Waals surface area contributed by atoms with Crippen LogP contribution in [0.1, 0.15) is 37.5 Å². The number of carbonyl (C=O) groups excluding carboxylic acids is 1. The van der Waals surface area contributed by atoms with Gasteiger partial charge in [0.25, 0.3) is 0 Å². The summed E-state index contributed by atoms with van der Waals surface area (Å²) in [5.41, 5.74) is 2.31. The minimum atomic E-state index is -2.20. The van der Waals surface area contributed by atoms with Gasteiger partial charge in [0.2, 0.25) is 5.91 Å². The molecule has 174 valence electrons. The normalized spacial score (nSPS) is 18.8. The van der Waals surface area contributed by atoms with Crippen LogP contribution in [0.25, 0.3) is 0 Å². The lowest BCUT2D eigenvalue weighted by atomic mass is 9.75. The zero-order valence-electron chi connectivity index (χ0n) is 20.6. The first-order valence-electron chi connectivity index (χ1n) is 11.8. The summed E-state index contributed by atoms with van der Waals surface area (Å²) in [6.45, 7) is 10.9. The molecule has 1 aliphatic rings. The lowest BCUT2D eigenvalue weighted by molar-refractivity contribution is -0.141. The van der Waals surface area contributed by atoms with E-state index >= 15 is 0 Å². The second kappa shape index (κ2) is 8.86. The van der Waals surface area contributed by atoms with Crippen molar-refractivity contribution in [3.05, 3.63) is 108 Å². The highest BCUT2D eigenvalue weighted by Gasteiger charge is 2.59. The highest BCUT2D eigenvalue weighted by molar-refractivity contribution is 6.80. The van der Waals surface area contributed by atoms with Crippen LogP contribution in [0.3, 0.4) is 0 Å². The first-order chi connectivity index (χ1) is 16.1. The first kappa shape index (κ1) is 23.9. The van der Waals surface area contributed by atoms with Gasteiger partial charge in [0.1, 0.15) is 12.1 Å². The molecule has 4 rings (SSSR count). The fourth-order valence-corrected chi connectivity index (χ4v) is 7.11. The maximum atomic E-state index is 13.7. The van der Waals surface area contributed by atoms with Gasteiger partial charge in [0, 0.05) is 0 Å². The van der Waals surface area contributed by atoms with Gasteiger partial charge in [-0.25, -0.2) is 0 Å². The smallest absolute Gasteiger partial charge is 0.236 e. The molecule has 1 unspecified atom stereocenters. The number of carbonyl (C=O) groups is 1. The molecule has 0 aromatic heterocycles. The number of amides is 1. The van der Waals surface area contributed by atoms with E-state index in [0.717, 1.165) is 16.7 Å². The van der Waals surface area contributed by atoms with Crippen LogP contribution in [0.4, 0.5) is 0 Å². The van der Waals surface area contributed by atoms with E-state index in [1.54, 1.807) is 0 Å². The van der Waals surface area contributed by atoms with E-state index in [1.807, 2.05) is 59.2 Å². The average Bonchev–Trinajstić information content (AvgIpc) is 2.84. The van der Waals surface area contributed by atoms with E-state index in [2.05, 4.69) is 81.6 Å². The standard InChI is InChI=1S/C29H33N3OSi/c1-28(2,3)34(4,5)32-25(21-30)26(27(32)33)31-29(22-15-9-6-10-16-22,23-17-11-7-12-18-23)24-19-13-8-14-20-24/h6-20,25-26,31H,1-5H3/t25?,26-/m0/s1. The van der Waals surface area contributed by atoms with Crippen molar-refractivity contribution >= 4 is 14.1 Å². The number of nitriles is 1. The van der Waals surface area contributed by atoms with Crippen molar-refractivity contribution in [1.29, 1.82) is 5.26 Å². The lowest BCUT2D eigenvalue weighted by Crippen LogP contribution is -2.79. The number of hydrogen-bond acceptors (Lipinski definition) is 3. The van der Waals surface area contributed by atoms with Gasteiger partial charge >= 0.3 is 0 Å². The van der Waals surface area contributed by atoms with Crippen molar-refractivity contribution in [2.45, 2.75) is 56.5 Å². The highest BCUT2D eigenvalue weighted by Crippen LogP contribution is 2.45. The quantitative estimate of drug-likeness (QED) is 0.288. The molecule has 1 aliphatic heterocycles. The Hall–Kier alpha value is -3.20. The number of hydrogen-bond donors (Lipinski definition) is 1. The molecule has 1 heterocycles. The zero-order valence-corrected chi connectivity index (χ0v) is 21.6.